The maximum Gasteiger partial charge on any atom is 0.339 e. The number of benzene rings is 2. The van der Waals surface area contributed by atoms with Gasteiger partial charge in [0.25, 0.3) is 5.91 Å². The quantitative estimate of drug-likeness (QED) is 0.621. The van der Waals surface area contributed by atoms with E-state index in [1.165, 1.54) is 0 Å². The summed E-state index contributed by atoms with van der Waals surface area (Å²) in [5, 5.41) is 12.9. The number of para-hydroxylation sites is 1. The van der Waals surface area contributed by atoms with Crippen molar-refractivity contribution in [2.24, 2.45) is 5.92 Å². The van der Waals surface area contributed by atoms with E-state index >= 15 is 0 Å². The number of hydrogen-bond acceptors (Lipinski definition) is 5. The number of aromatic nitrogens is 1. The molecule has 1 atom stereocenters. The number of carbonyl (C=O) groups excluding carboxylic acids is 2. The summed E-state index contributed by atoms with van der Waals surface area (Å²) in [5.74, 6) is -0.464. The summed E-state index contributed by atoms with van der Waals surface area (Å²) in [7, 11) is 0. The van der Waals surface area contributed by atoms with E-state index < -0.39 is 12.1 Å². The Morgan fingerprint density at radius 1 is 1.07 bits per heavy atom. The number of ether oxygens (including phenoxy) is 1. The molecular weight excluding hydrogens is 368 g/mol. The number of esters is 1. The van der Waals surface area contributed by atoms with Gasteiger partial charge in [-0.1, -0.05) is 32.0 Å². The van der Waals surface area contributed by atoms with Crippen molar-refractivity contribution in [3.63, 3.8) is 0 Å². The molecule has 29 heavy (non-hydrogen) atoms. The van der Waals surface area contributed by atoms with Gasteiger partial charge in [0.15, 0.2) is 6.10 Å². The molecule has 6 nitrogen and oxygen atoms in total. The highest BCUT2D eigenvalue weighted by molar-refractivity contribution is 6.05. The Morgan fingerprint density at radius 2 is 1.76 bits per heavy atom. The van der Waals surface area contributed by atoms with Crippen molar-refractivity contribution >= 4 is 22.8 Å². The van der Waals surface area contributed by atoms with E-state index in [-0.39, 0.29) is 11.7 Å². The Bertz CT molecular complexity index is 1030. The van der Waals surface area contributed by atoms with Crippen molar-refractivity contribution in [3.05, 3.63) is 60.2 Å². The number of phenolic OH excluding ortho intramolecular Hbond substituents is 1. The molecule has 150 valence electrons. The van der Waals surface area contributed by atoms with E-state index in [2.05, 4.69) is 10.3 Å². The number of phenols is 1. The number of nitrogens with one attached hydrogen (secondary N) is 1. The van der Waals surface area contributed by atoms with Gasteiger partial charge in [0.05, 0.1) is 16.8 Å². The highest BCUT2D eigenvalue weighted by Crippen LogP contribution is 2.26. The Balaban J connectivity index is 1.92. The van der Waals surface area contributed by atoms with E-state index in [1.807, 2.05) is 32.0 Å². The van der Waals surface area contributed by atoms with Crippen LogP contribution in [0.4, 0.5) is 0 Å². The molecule has 2 aromatic carbocycles. The second kappa shape index (κ2) is 8.73. The van der Waals surface area contributed by atoms with E-state index in [0.717, 1.165) is 5.56 Å². The van der Waals surface area contributed by atoms with E-state index in [9.17, 15) is 14.7 Å². The molecular formula is C23H24N2O4. The van der Waals surface area contributed by atoms with Crippen molar-refractivity contribution in [1.82, 2.24) is 10.3 Å². The number of aromatic hydroxyl groups is 1. The summed E-state index contributed by atoms with van der Waals surface area (Å²) in [4.78, 5) is 29.7. The number of hydrogen-bond donors (Lipinski definition) is 2. The average Bonchev–Trinajstić information content (AvgIpc) is 2.71. The van der Waals surface area contributed by atoms with Crippen LogP contribution in [0.2, 0.25) is 0 Å². The zero-order chi connectivity index (χ0) is 21.0. The van der Waals surface area contributed by atoms with E-state index in [0.29, 0.717) is 34.6 Å². The standard InChI is InChI=1S/C23H24N2O4/c1-14(2)13-24-22(27)15(3)29-23(28)19-12-21(16-8-10-17(26)11-9-16)25-20-7-5-4-6-18(19)20/h4-12,14-15,26H,13H2,1-3H3,(H,24,27)/t15-/m0/s1. The largest absolute Gasteiger partial charge is 0.508 e. The van der Waals surface area contributed by atoms with Gasteiger partial charge in [-0.15, -0.1) is 0 Å². The molecule has 0 saturated carbocycles. The minimum Gasteiger partial charge on any atom is -0.508 e. The number of amides is 1. The number of rotatable bonds is 6. The van der Waals surface area contributed by atoms with Gasteiger partial charge >= 0.3 is 5.97 Å². The topological polar surface area (TPSA) is 88.5 Å². The molecule has 1 aromatic heterocycles. The van der Waals surface area contributed by atoms with Gasteiger partial charge in [-0.2, -0.15) is 0 Å². The first-order valence-electron chi connectivity index (χ1n) is 9.53. The number of fused-ring (bicyclic) bond motifs is 1. The molecule has 3 aromatic rings. The summed E-state index contributed by atoms with van der Waals surface area (Å²) in [6, 6.07) is 15.5. The maximum atomic E-state index is 12.9. The second-order valence-corrected chi connectivity index (χ2v) is 7.31. The van der Waals surface area contributed by atoms with Gasteiger partial charge in [-0.25, -0.2) is 9.78 Å². The molecule has 0 fully saturated rings. The fourth-order valence-electron chi connectivity index (χ4n) is 2.85. The first-order chi connectivity index (χ1) is 13.8. The van der Waals surface area contributed by atoms with Crippen LogP contribution in [0.3, 0.4) is 0 Å². The minimum absolute atomic E-state index is 0.149. The summed E-state index contributed by atoms with van der Waals surface area (Å²) >= 11 is 0. The number of carbonyl (C=O) groups is 2. The molecule has 0 aliphatic rings. The highest BCUT2D eigenvalue weighted by atomic mass is 16.5. The van der Waals surface area contributed by atoms with Crippen molar-refractivity contribution in [2.45, 2.75) is 26.9 Å². The van der Waals surface area contributed by atoms with Crippen LogP contribution in [0.1, 0.15) is 31.1 Å². The maximum absolute atomic E-state index is 12.9. The van der Waals surface area contributed by atoms with Crippen LogP contribution >= 0.6 is 0 Å². The summed E-state index contributed by atoms with van der Waals surface area (Å²) in [6.07, 6.45) is -0.912. The number of pyridine rings is 1. The van der Waals surface area contributed by atoms with Crippen molar-refractivity contribution in [3.8, 4) is 17.0 Å². The lowest BCUT2D eigenvalue weighted by Gasteiger charge is -2.16. The smallest absolute Gasteiger partial charge is 0.339 e. The van der Waals surface area contributed by atoms with Gasteiger partial charge in [0.2, 0.25) is 0 Å². The normalized spacial score (nSPS) is 12.0. The van der Waals surface area contributed by atoms with E-state index in [1.54, 1.807) is 43.3 Å². The summed E-state index contributed by atoms with van der Waals surface area (Å²) in [5.41, 5.74) is 2.31. The molecule has 0 bridgehead atoms. The molecule has 0 radical (unpaired) electrons. The minimum atomic E-state index is -0.912. The lowest BCUT2D eigenvalue weighted by atomic mass is 10.0. The second-order valence-electron chi connectivity index (χ2n) is 7.31. The zero-order valence-corrected chi connectivity index (χ0v) is 16.7. The molecule has 0 unspecified atom stereocenters. The summed E-state index contributed by atoms with van der Waals surface area (Å²) in [6.45, 7) is 6.05. The molecule has 0 saturated heterocycles. The SMILES string of the molecule is CC(C)CNC(=O)[C@H](C)OC(=O)c1cc(-c2ccc(O)cc2)nc2ccccc12. The van der Waals surface area contributed by atoms with Gasteiger partial charge in [0.1, 0.15) is 5.75 Å². The third-order valence-corrected chi connectivity index (χ3v) is 4.44. The molecule has 0 aliphatic carbocycles. The predicted molar refractivity (Wildman–Crippen MR) is 112 cm³/mol. The Kier molecular flexibility index (Phi) is 6.12. The third kappa shape index (κ3) is 4.90. The van der Waals surface area contributed by atoms with E-state index in [4.69, 9.17) is 4.74 Å². The van der Waals surface area contributed by atoms with Crippen LogP contribution in [0, 0.1) is 5.92 Å². The van der Waals surface area contributed by atoms with Crippen LogP contribution < -0.4 is 5.32 Å². The Morgan fingerprint density at radius 3 is 2.45 bits per heavy atom. The molecule has 1 amide bonds. The van der Waals surface area contributed by atoms with Gasteiger partial charge in [-0.05, 0) is 49.2 Å². The Hall–Kier alpha value is -3.41. The molecule has 0 spiro atoms. The van der Waals surface area contributed by atoms with Crippen LogP contribution in [0.5, 0.6) is 5.75 Å². The molecule has 0 aliphatic heterocycles. The zero-order valence-electron chi connectivity index (χ0n) is 16.7. The van der Waals surface area contributed by atoms with Crippen LogP contribution in [0.25, 0.3) is 22.2 Å². The monoisotopic (exact) mass is 392 g/mol. The molecule has 2 N–H and O–H groups in total. The van der Waals surface area contributed by atoms with Crippen LogP contribution in [0.15, 0.2) is 54.6 Å². The lowest BCUT2D eigenvalue weighted by molar-refractivity contribution is -0.129. The van der Waals surface area contributed by atoms with Crippen LogP contribution in [-0.2, 0) is 9.53 Å². The first kappa shape index (κ1) is 20.3. The van der Waals surface area contributed by atoms with Gasteiger partial charge in [-0.3, -0.25) is 4.79 Å². The van der Waals surface area contributed by atoms with Crippen molar-refractivity contribution in [2.75, 3.05) is 6.54 Å². The summed E-state index contributed by atoms with van der Waals surface area (Å²) < 4.78 is 5.43. The lowest BCUT2D eigenvalue weighted by Crippen LogP contribution is -2.37. The molecule has 6 heteroatoms. The highest BCUT2D eigenvalue weighted by Gasteiger charge is 2.21. The first-order valence-corrected chi connectivity index (χ1v) is 9.53. The number of nitrogens with zero attached hydrogens (tertiary/aromatic N) is 1. The van der Waals surface area contributed by atoms with Gasteiger partial charge in [0, 0.05) is 17.5 Å². The average molecular weight is 392 g/mol. The van der Waals surface area contributed by atoms with Crippen molar-refractivity contribution < 1.29 is 19.4 Å². The third-order valence-electron chi connectivity index (χ3n) is 4.44. The molecule has 1 heterocycles. The Labute approximate surface area is 169 Å². The molecule has 3 rings (SSSR count). The van der Waals surface area contributed by atoms with Gasteiger partial charge < -0.3 is 15.2 Å². The fourth-order valence-corrected chi connectivity index (χ4v) is 2.85. The fraction of sp³-hybridized carbons (Fsp3) is 0.261. The van der Waals surface area contributed by atoms with Crippen LogP contribution in [-0.4, -0.2) is 34.6 Å². The van der Waals surface area contributed by atoms with Crippen molar-refractivity contribution in [1.29, 1.82) is 0 Å². The predicted octanol–water partition coefficient (Wildman–Crippen LogP) is 3.92.